The van der Waals surface area contributed by atoms with Crippen LogP contribution in [0.5, 0.6) is 0 Å². The van der Waals surface area contributed by atoms with Crippen molar-refractivity contribution in [2.24, 2.45) is 0 Å². The van der Waals surface area contributed by atoms with Crippen LogP contribution in [-0.4, -0.2) is 50.6 Å². The number of Topliss-reactive ketones (excluding diaryl/α,β-unsaturated/α-hetero) is 1. The first kappa shape index (κ1) is 22.7. The van der Waals surface area contributed by atoms with E-state index in [1.165, 1.54) is 23.4 Å². The molecule has 0 aromatic heterocycles. The van der Waals surface area contributed by atoms with Crippen molar-refractivity contribution in [1.29, 1.82) is 0 Å². The summed E-state index contributed by atoms with van der Waals surface area (Å²) in [5.41, 5.74) is 2.06. The summed E-state index contributed by atoms with van der Waals surface area (Å²) in [6.07, 6.45) is 0. The van der Waals surface area contributed by atoms with Crippen LogP contribution in [0.3, 0.4) is 0 Å². The first-order chi connectivity index (χ1) is 15.9. The van der Waals surface area contributed by atoms with Gasteiger partial charge in [0.05, 0.1) is 10.6 Å². The largest absolute Gasteiger partial charge is 0.369 e. The van der Waals surface area contributed by atoms with Crippen LogP contribution in [0.4, 0.5) is 11.4 Å². The highest BCUT2D eigenvalue weighted by Crippen LogP contribution is 2.23. The molecule has 0 unspecified atom stereocenters. The summed E-state index contributed by atoms with van der Waals surface area (Å²) < 4.78 is 27.9. The van der Waals surface area contributed by atoms with Gasteiger partial charge in [-0.1, -0.05) is 36.4 Å². The molecule has 3 aromatic rings. The smallest absolute Gasteiger partial charge is 0.255 e. The molecule has 33 heavy (non-hydrogen) atoms. The molecule has 1 amide bonds. The fourth-order valence-corrected chi connectivity index (χ4v) is 5.33. The summed E-state index contributed by atoms with van der Waals surface area (Å²) >= 11 is 0. The van der Waals surface area contributed by atoms with Crippen molar-refractivity contribution in [2.45, 2.75) is 11.8 Å². The van der Waals surface area contributed by atoms with E-state index in [0.717, 1.165) is 5.69 Å². The summed E-state index contributed by atoms with van der Waals surface area (Å²) in [6, 6.07) is 22.6. The topological polar surface area (TPSA) is 86.8 Å². The zero-order valence-electron chi connectivity index (χ0n) is 18.3. The molecule has 3 aromatic carbocycles. The Morgan fingerprint density at radius 3 is 2.18 bits per heavy atom. The zero-order valence-corrected chi connectivity index (χ0v) is 19.1. The Balaban J connectivity index is 1.49. The highest BCUT2D eigenvalue weighted by atomic mass is 32.2. The summed E-state index contributed by atoms with van der Waals surface area (Å²) in [5.74, 6) is -0.647. The predicted octanol–water partition coefficient (Wildman–Crippen LogP) is 3.65. The van der Waals surface area contributed by atoms with Crippen LogP contribution in [0.1, 0.15) is 27.6 Å². The fraction of sp³-hybridized carbons (Fsp3) is 0.200. The minimum Gasteiger partial charge on any atom is -0.369 e. The van der Waals surface area contributed by atoms with E-state index in [2.05, 4.69) is 10.2 Å². The molecule has 0 aliphatic carbocycles. The van der Waals surface area contributed by atoms with Crippen molar-refractivity contribution >= 4 is 33.1 Å². The van der Waals surface area contributed by atoms with Crippen LogP contribution in [0.15, 0.2) is 83.8 Å². The zero-order chi connectivity index (χ0) is 23.4. The van der Waals surface area contributed by atoms with E-state index in [4.69, 9.17) is 0 Å². The minimum absolute atomic E-state index is 0.0724. The molecule has 1 heterocycles. The molecule has 8 heteroatoms. The van der Waals surface area contributed by atoms with Gasteiger partial charge >= 0.3 is 0 Å². The van der Waals surface area contributed by atoms with Crippen molar-refractivity contribution < 1.29 is 18.0 Å². The maximum atomic E-state index is 13.2. The number of carbonyl (C=O) groups excluding carboxylic acids is 2. The number of nitrogens with one attached hydrogen (secondary N) is 1. The molecule has 1 aliphatic heterocycles. The van der Waals surface area contributed by atoms with Gasteiger partial charge in [0.25, 0.3) is 5.91 Å². The third kappa shape index (κ3) is 4.97. The number of ketones is 1. The molecule has 0 spiro atoms. The van der Waals surface area contributed by atoms with Crippen molar-refractivity contribution in [3.63, 3.8) is 0 Å². The number of nitrogens with zero attached hydrogens (tertiary/aromatic N) is 2. The Kier molecular flexibility index (Phi) is 6.57. The number of anilines is 2. The Morgan fingerprint density at radius 1 is 0.818 bits per heavy atom. The molecular weight excluding hydrogens is 438 g/mol. The number of hydrogen-bond acceptors (Lipinski definition) is 5. The lowest BCUT2D eigenvalue weighted by molar-refractivity contribution is 0.101. The van der Waals surface area contributed by atoms with Gasteiger partial charge in [-0.05, 0) is 49.4 Å². The summed E-state index contributed by atoms with van der Waals surface area (Å²) in [7, 11) is -3.75. The number of amides is 1. The van der Waals surface area contributed by atoms with E-state index in [9.17, 15) is 18.0 Å². The second-order valence-electron chi connectivity index (χ2n) is 7.81. The second kappa shape index (κ2) is 9.56. The van der Waals surface area contributed by atoms with Gasteiger partial charge in [-0.3, -0.25) is 9.59 Å². The molecule has 1 saturated heterocycles. The van der Waals surface area contributed by atoms with E-state index >= 15 is 0 Å². The number of para-hydroxylation sites is 2. The number of sulfonamides is 1. The highest BCUT2D eigenvalue weighted by molar-refractivity contribution is 7.89. The van der Waals surface area contributed by atoms with Crippen LogP contribution < -0.4 is 10.2 Å². The maximum Gasteiger partial charge on any atom is 0.255 e. The van der Waals surface area contributed by atoms with Gasteiger partial charge in [-0.15, -0.1) is 0 Å². The molecule has 0 radical (unpaired) electrons. The molecule has 1 N–H and O–H groups in total. The first-order valence-electron chi connectivity index (χ1n) is 10.7. The van der Waals surface area contributed by atoms with Gasteiger partial charge in [0.1, 0.15) is 0 Å². The molecule has 1 fully saturated rings. The quantitative estimate of drug-likeness (QED) is 0.564. The number of piperazine rings is 1. The number of carbonyl (C=O) groups is 2. The van der Waals surface area contributed by atoms with Crippen molar-refractivity contribution in [2.75, 3.05) is 36.4 Å². The molecule has 0 saturated carbocycles. The van der Waals surface area contributed by atoms with Crippen molar-refractivity contribution in [1.82, 2.24) is 4.31 Å². The SMILES string of the molecule is CC(=O)c1ccccc1NC(=O)c1cccc(S(=O)(=O)N2CCN(c3ccccc3)CC2)c1. The Hall–Kier alpha value is -3.49. The molecule has 4 rings (SSSR count). The lowest BCUT2D eigenvalue weighted by Crippen LogP contribution is -2.48. The van der Waals surface area contributed by atoms with E-state index in [1.54, 1.807) is 36.4 Å². The predicted molar refractivity (Wildman–Crippen MR) is 128 cm³/mol. The molecule has 170 valence electrons. The molecule has 1 aliphatic rings. The number of benzene rings is 3. The average molecular weight is 464 g/mol. The van der Waals surface area contributed by atoms with Gasteiger partial charge < -0.3 is 10.2 Å². The van der Waals surface area contributed by atoms with Crippen LogP contribution in [-0.2, 0) is 10.0 Å². The second-order valence-corrected chi connectivity index (χ2v) is 9.75. The molecule has 0 bridgehead atoms. The summed E-state index contributed by atoms with van der Waals surface area (Å²) in [6.45, 7) is 3.32. The number of rotatable bonds is 6. The van der Waals surface area contributed by atoms with E-state index in [-0.39, 0.29) is 16.2 Å². The molecular formula is C25H25N3O4S. The van der Waals surface area contributed by atoms with E-state index in [1.807, 2.05) is 30.3 Å². The fourth-order valence-electron chi connectivity index (χ4n) is 3.87. The van der Waals surface area contributed by atoms with Crippen molar-refractivity contribution in [3.8, 4) is 0 Å². The standard InChI is InChI=1S/C25H25N3O4S/c1-19(29)23-12-5-6-13-24(23)26-25(30)20-8-7-11-22(18-20)33(31,32)28-16-14-27(15-17-28)21-9-3-2-4-10-21/h2-13,18H,14-17H2,1H3,(H,26,30). The van der Waals surface area contributed by atoms with Crippen LogP contribution in [0.25, 0.3) is 0 Å². The first-order valence-corrected chi connectivity index (χ1v) is 12.1. The maximum absolute atomic E-state index is 13.2. The lowest BCUT2D eigenvalue weighted by atomic mass is 10.1. The normalized spacial score (nSPS) is 14.6. The number of hydrogen-bond donors (Lipinski definition) is 1. The van der Waals surface area contributed by atoms with Crippen LogP contribution in [0, 0.1) is 0 Å². The van der Waals surface area contributed by atoms with Crippen LogP contribution >= 0.6 is 0 Å². The van der Waals surface area contributed by atoms with Gasteiger partial charge in [0, 0.05) is 43.0 Å². The monoisotopic (exact) mass is 463 g/mol. The van der Waals surface area contributed by atoms with Gasteiger partial charge in [-0.25, -0.2) is 8.42 Å². The Labute approximate surface area is 193 Å². The average Bonchev–Trinajstić information content (AvgIpc) is 2.85. The Morgan fingerprint density at radius 2 is 1.48 bits per heavy atom. The van der Waals surface area contributed by atoms with Gasteiger partial charge in [-0.2, -0.15) is 4.31 Å². The Bertz CT molecular complexity index is 1270. The molecule has 0 atom stereocenters. The minimum atomic E-state index is -3.75. The highest BCUT2D eigenvalue weighted by Gasteiger charge is 2.29. The van der Waals surface area contributed by atoms with Crippen LogP contribution in [0.2, 0.25) is 0 Å². The van der Waals surface area contributed by atoms with Crippen molar-refractivity contribution in [3.05, 3.63) is 90.0 Å². The third-order valence-electron chi connectivity index (χ3n) is 5.65. The summed E-state index contributed by atoms with van der Waals surface area (Å²) in [4.78, 5) is 26.9. The van der Waals surface area contributed by atoms with Gasteiger partial charge in [0.15, 0.2) is 5.78 Å². The van der Waals surface area contributed by atoms with Gasteiger partial charge in [0.2, 0.25) is 10.0 Å². The lowest BCUT2D eigenvalue weighted by Gasteiger charge is -2.35. The third-order valence-corrected chi connectivity index (χ3v) is 7.54. The van der Waals surface area contributed by atoms with E-state index < -0.39 is 15.9 Å². The van der Waals surface area contributed by atoms with E-state index in [0.29, 0.717) is 37.4 Å². The molecule has 7 nitrogen and oxygen atoms in total. The summed E-state index contributed by atoms with van der Waals surface area (Å²) in [5, 5.41) is 2.72.